The predicted molar refractivity (Wildman–Crippen MR) is 67.0 cm³/mol. The number of methoxy groups -OCH3 is 1. The summed E-state index contributed by atoms with van der Waals surface area (Å²) < 4.78 is 33.1. The molecule has 0 saturated carbocycles. The monoisotopic (exact) mass is 288 g/mol. The highest BCUT2D eigenvalue weighted by Crippen LogP contribution is 2.20. The van der Waals surface area contributed by atoms with Gasteiger partial charge in [-0.15, -0.1) is 0 Å². The van der Waals surface area contributed by atoms with Gasteiger partial charge in [0, 0.05) is 12.5 Å². The van der Waals surface area contributed by atoms with Crippen molar-refractivity contribution in [2.45, 2.75) is 5.75 Å². The number of rotatable bonds is 6. The van der Waals surface area contributed by atoms with Gasteiger partial charge in [0.2, 0.25) is 0 Å². The molecule has 6 nitrogen and oxygen atoms in total. The normalized spacial score (nSPS) is 11.8. The summed E-state index contributed by atoms with van der Waals surface area (Å²) in [6, 6.07) is 1.83. The first-order chi connectivity index (χ1) is 8.61. The fraction of sp³-hybridized carbons (Fsp3) is 0.400. The summed E-state index contributed by atoms with van der Waals surface area (Å²) in [5.41, 5.74) is 0.799. The largest absolute Gasteiger partial charge is 0.384 e. The van der Waals surface area contributed by atoms with Crippen molar-refractivity contribution in [2.24, 2.45) is 0 Å². The van der Waals surface area contributed by atoms with Crippen molar-refractivity contribution in [1.29, 1.82) is 0 Å². The van der Waals surface area contributed by atoms with Crippen LogP contribution in [-0.2, 0) is 20.3 Å². The first-order valence-electron chi connectivity index (χ1n) is 5.15. The molecule has 18 heavy (non-hydrogen) atoms. The minimum atomic E-state index is -3.26. The van der Waals surface area contributed by atoms with Crippen LogP contribution in [0.4, 0.5) is 0 Å². The molecule has 2 rings (SSSR count). The van der Waals surface area contributed by atoms with Crippen LogP contribution >= 0.6 is 11.3 Å². The third-order valence-electron chi connectivity index (χ3n) is 2.18. The third-order valence-corrected chi connectivity index (χ3v) is 4.35. The Balaban J connectivity index is 2.07. The van der Waals surface area contributed by atoms with Crippen molar-refractivity contribution in [3.63, 3.8) is 0 Å². The molecule has 0 aromatic carbocycles. The van der Waals surface area contributed by atoms with Crippen molar-refractivity contribution < 1.29 is 17.7 Å². The van der Waals surface area contributed by atoms with Gasteiger partial charge in [-0.3, -0.25) is 0 Å². The highest BCUT2D eigenvalue weighted by molar-refractivity contribution is 7.90. The summed E-state index contributed by atoms with van der Waals surface area (Å²) in [5, 5.41) is 7.41. The molecule has 0 atom stereocenters. The Morgan fingerprint density at radius 2 is 2.33 bits per heavy atom. The van der Waals surface area contributed by atoms with E-state index in [2.05, 4.69) is 10.1 Å². The Morgan fingerprint density at radius 3 is 3.00 bits per heavy atom. The Hall–Kier alpha value is -1.25. The number of ether oxygens (including phenoxy) is 1. The van der Waals surface area contributed by atoms with E-state index < -0.39 is 9.84 Å². The fourth-order valence-corrected chi connectivity index (χ4v) is 3.00. The van der Waals surface area contributed by atoms with Gasteiger partial charge in [0.25, 0.3) is 5.89 Å². The number of hydrogen-bond acceptors (Lipinski definition) is 7. The molecule has 0 amide bonds. The zero-order chi connectivity index (χ0) is 13.0. The lowest BCUT2D eigenvalue weighted by molar-refractivity contribution is 0.217. The number of thiophene rings is 1. The molecule has 0 N–H and O–H groups in total. The molecule has 0 aliphatic rings. The fourth-order valence-electron chi connectivity index (χ4n) is 1.30. The second-order valence-electron chi connectivity index (χ2n) is 3.61. The standard InChI is InChI=1S/C10H12N2O4S2/c1-15-3-5-18(13,14)7-9-11-10(16-12-9)8-2-4-17-6-8/h2,4,6H,3,5,7H2,1H3. The van der Waals surface area contributed by atoms with Crippen LogP contribution in [0.25, 0.3) is 11.5 Å². The smallest absolute Gasteiger partial charge is 0.258 e. The lowest BCUT2D eigenvalue weighted by Gasteiger charge is -1.99. The maximum Gasteiger partial charge on any atom is 0.258 e. The molecule has 0 aliphatic heterocycles. The van der Waals surface area contributed by atoms with Gasteiger partial charge in [0.15, 0.2) is 15.7 Å². The molecule has 0 fully saturated rings. The van der Waals surface area contributed by atoms with Gasteiger partial charge in [0.1, 0.15) is 5.75 Å². The number of sulfone groups is 1. The number of aromatic nitrogens is 2. The summed E-state index contributed by atoms with van der Waals surface area (Å²) >= 11 is 1.51. The predicted octanol–water partition coefficient (Wildman–Crippen LogP) is 1.36. The van der Waals surface area contributed by atoms with E-state index in [0.29, 0.717) is 5.89 Å². The maximum absolute atomic E-state index is 11.7. The minimum Gasteiger partial charge on any atom is -0.384 e. The summed E-state index contributed by atoms with van der Waals surface area (Å²) in [4.78, 5) is 4.05. The van der Waals surface area contributed by atoms with Crippen LogP contribution in [0, 0.1) is 0 Å². The Bertz CT molecular complexity index is 589. The Morgan fingerprint density at radius 1 is 1.50 bits per heavy atom. The van der Waals surface area contributed by atoms with Crippen LogP contribution in [0.3, 0.4) is 0 Å². The van der Waals surface area contributed by atoms with Crippen LogP contribution in [0.15, 0.2) is 21.3 Å². The molecule has 0 radical (unpaired) electrons. The second kappa shape index (κ2) is 5.59. The van der Waals surface area contributed by atoms with Crippen LogP contribution < -0.4 is 0 Å². The average Bonchev–Trinajstić information content (AvgIpc) is 2.95. The van der Waals surface area contributed by atoms with Gasteiger partial charge in [-0.1, -0.05) is 5.16 Å². The topological polar surface area (TPSA) is 82.3 Å². The van der Waals surface area contributed by atoms with E-state index in [4.69, 9.17) is 9.26 Å². The lowest BCUT2D eigenvalue weighted by atomic mass is 10.3. The Kier molecular flexibility index (Phi) is 4.10. The summed E-state index contributed by atoms with van der Waals surface area (Å²) in [6.45, 7) is 0.164. The number of hydrogen-bond donors (Lipinski definition) is 0. The molecule has 0 unspecified atom stereocenters. The van der Waals surface area contributed by atoms with E-state index in [1.807, 2.05) is 16.8 Å². The highest BCUT2D eigenvalue weighted by atomic mass is 32.2. The molecule has 8 heteroatoms. The van der Waals surface area contributed by atoms with E-state index in [0.717, 1.165) is 5.56 Å². The molecule has 0 spiro atoms. The summed E-state index contributed by atoms with van der Waals surface area (Å²) in [7, 11) is -1.80. The maximum atomic E-state index is 11.7. The van der Waals surface area contributed by atoms with Gasteiger partial charge >= 0.3 is 0 Å². The van der Waals surface area contributed by atoms with Crippen molar-refractivity contribution >= 4 is 21.2 Å². The van der Waals surface area contributed by atoms with Gasteiger partial charge in [0.05, 0.1) is 17.9 Å². The van der Waals surface area contributed by atoms with E-state index in [1.54, 1.807) is 0 Å². The second-order valence-corrected chi connectivity index (χ2v) is 6.58. The highest BCUT2D eigenvalue weighted by Gasteiger charge is 2.17. The van der Waals surface area contributed by atoms with Gasteiger partial charge in [-0.2, -0.15) is 16.3 Å². The van der Waals surface area contributed by atoms with Crippen LogP contribution in [-0.4, -0.2) is 38.0 Å². The van der Waals surface area contributed by atoms with E-state index in [1.165, 1.54) is 18.4 Å². The quantitative estimate of drug-likeness (QED) is 0.798. The molecular weight excluding hydrogens is 276 g/mol. The van der Waals surface area contributed by atoms with Crippen LogP contribution in [0.1, 0.15) is 5.82 Å². The van der Waals surface area contributed by atoms with E-state index in [9.17, 15) is 8.42 Å². The zero-order valence-corrected chi connectivity index (χ0v) is 11.3. The molecular formula is C10H12N2O4S2. The van der Waals surface area contributed by atoms with Crippen molar-refractivity contribution in [1.82, 2.24) is 10.1 Å². The third kappa shape index (κ3) is 3.37. The van der Waals surface area contributed by atoms with E-state index in [-0.39, 0.29) is 23.9 Å². The Labute approximate surface area is 109 Å². The first-order valence-corrected chi connectivity index (χ1v) is 7.91. The molecule has 2 heterocycles. The molecule has 0 bridgehead atoms. The minimum absolute atomic E-state index is 0.0498. The molecule has 2 aromatic heterocycles. The van der Waals surface area contributed by atoms with Crippen molar-refractivity contribution in [3.8, 4) is 11.5 Å². The van der Waals surface area contributed by atoms with E-state index >= 15 is 0 Å². The number of nitrogens with zero attached hydrogens (tertiary/aromatic N) is 2. The zero-order valence-electron chi connectivity index (χ0n) is 9.70. The summed E-state index contributed by atoms with van der Waals surface area (Å²) in [6.07, 6.45) is 0. The molecule has 98 valence electrons. The summed E-state index contributed by atoms with van der Waals surface area (Å²) in [5.74, 6) is 0.232. The lowest BCUT2D eigenvalue weighted by Crippen LogP contribution is -2.14. The molecule has 0 saturated heterocycles. The van der Waals surface area contributed by atoms with Gasteiger partial charge in [-0.25, -0.2) is 8.42 Å². The van der Waals surface area contributed by atoms with Crippen LogP contribution in [0.5, 0.6) is 0 Å². The SMILES string of the molecule is COCCS(=O)(=O)Cc1noc(-c2ccsc2)n1. The average molecular weight is 288 g/mol. The van der Waals surface area contributed by atoms with Crippen molar-refractivity contribution in [2.75, 3.05) is 19.5 Å². The van der Waals surface area contributed by atoms with Crippen LogP contribution in [0.2, 0.25) is 0 Å². The first kappa shape index (κ1) is 13.2. The van der Waals surface area contributed by atoms with Crippen molar-refractivity contribution in [3.05, 3.63) is 22.7 Å². The molecule has 2 aromatic rings. The van der Waals surface area contributed by atoms with Gasteiger partial charge < -0.3 is 9.26 Å². The molecule has 0 aliphatic carbocycles. The van der Waals surface area contributed by atoms with Gasteiger partial charge in [-0.05, 0) is 11.4 Å².